The van der Waals surface area contributed by atoms with Gasteiger partial charge < -0.3 is 20.7 Å². The average Bonchev–Trinajstić information content (AvgIpc) is 2.91. The summed E-state index contributed by atoms with van der Waals surface area (Å²) in [5, 5.41) is 22.0. The molecular formula is C23H40N2O3. The monoisotopic (exact) mass is 392 g/mol. The van der Waals surface area contributed by atoms with Crippen molar-refractivity contribution in [2.45, 2.75) is 70.6 Å². The molecular weight excluding hydrogens is 352 g/mol. The lowest BCUT2D eigenvalue weighted by Crippen LogP contribution is -2.55. The quantitative estimate of drug-likeness (QED) is 0.642. The predicted molar refractivity (Wildman–Crippen MR) is 111 cm³/mol. The average molecular weight is 393 g/mol. The smallest absolute Gasteiger partial charge is 0.0610 e. The zero-order valence-corrected chi connectivity index (χ0v) is 17.8. The van der Waals surface area contributed by atoms with Gasteiger partial charge in [-0.05, 0) is 67.1 Å². The third-order valence-corrected chi connectivity index (χ3v) is 9.24. The maximum atomic E-state index is 11.6. The Bertz CT molecular complexity index is 592. The molecule has 1 saturated heterocycles. The summed E-state index contributed by atoms with van der Waals surface area (Å²) >= 11 is 0. The molecule has 4 N–H and O–H groups in total. The second kappa shape index (κ2) is 7.66. The van der Waals surface area contributed by atoms with Crippen molar-refractivity contribution in [3.05, 3.63) is 12.2 Å². The molecule has 0 radical (unpaired) electrons. The van der Waals surface area contributed by atoms with Crippen LogP contribution in [0.2, 0.25) is 0 Å². The van der Waals surface area contributed by atoms with E-state index in [2.05, 4.69) is 25.3 Å². The van der Waals surface area contributed by atoms with Crippen LogP contribution >= 0.6 is 0 Å². The van der Waals surface area contributed by atoms with Crippen molar-refractivity contribution >= 4 is 0 Å². The van der Waals surface area contributed by atoms with E-state index in [9.17, 15) is 10.2 Å². The van der Waals surface area contributed by atoms with Crippen LogP contribution < -0.4 is 5.73 Å². The van der Waals surface area contributed by atoms with Crippen LogP contribution in [0.1, 0.15) is 52.4 Å². The fourth-order valence-corrected chi connectivity index (χ4v) is 7.09. The minimum Gasteiger partial charge on any atom is -0.393 e. The van der Waals surface area contributed by atoms with Gasteiger partial charge in [0, 0.05) is 25.7 Å². The lowest BCUT2D eigenvalue weighted by molar-refractivity contribution is -0.125. The molecule has 0 spiro atoms. The molecule has 0 aromatic carbocycles. The first-order chi connectivity index (χ1) is 13.3. The summed E-state index contributed by atoms with van der Waals surface area (Å²) in [5.41, 5.74) is 7.54. The van der Waals surface area contributed by atoms with E-state index in [-0.39, 0.29) is 40.9 Å². The fraction of sp³-hybridized carbons (Fsp3) is 0.913. The van der Waals surface area contributed by atoms with Crippen molar-refractivity contribution in [3.8, 4) is 0 Å². The summed E-state index contributed by atoms with van der Waals surface area (Å²) in [6.07, 6.45) is 5.15. The van der Waals surface area contributed by atoms with E-state index < -0.39 is 0 Å². The van der Waals surface area contributed by atoms with Crippen LogP contribution in [0.25, 0.3) is 0 Å². The van der Waals surface area contributed by atoms with Crippen LogP contribution in [0.5, 0.6) is 0 Å². The predicted octanol–water partition coefficient (Wildman–Crippen LogP) is 2.17. The zero-order chi connectivity index (χ0) is 20.1. The van der Waals surface area contributed by atoms with E-state index in [0.29, 0.717) is 5.92 Å². The summed E-state index contributed by atoms with van der Waals surface area (Å²) in [6.45, 7) is 13.5. The molecule has 5 nitrogen and oxygen atoms in total. The molecule has 3 unspecified atom stereocenters. The Balaban J connectivity index is 1.55. The molecule has 1 heterocycles. The van der Waals surface area contributed by atoms with Gasteiger partial charge in [0.1, 0.15) is 0 Å². The molecule has 4 rings (SSSR count). The summed E-state index contributed by atoms with van der Waals surface area (Å²) < 4.78 is 5.52. The van der Waals surface area contributed by atoms with Gasteiger partial charge in [-0.2, -0.15) is 0 Å². The highest BCUT2D eigenvalue weighted by molar-refractivity contribution is 5.26. The van der Waals surface area contributed by atoms with Gasteiger partial charge in [0.05, 0.1) is 25.4 Å². The molecule has 0 amide bonds. The van der Waals surface area contributed by atoms with Crippen molar-refractivity contribution in [2.24, 2.45) is 34.3 Å². The topological polar surface area (TPSA) is 79.0 Å². The number of ether oxygens (including phenoxy) is 1. The van der Waals surface area contributed by atoms with Crippen molar-refractivity contribution in [3.63, 3.8) is 0 Å². The minimum absolute atomic E-state index is 0.0143. The number of nitrogens with zero attached hydrogens (tertiary/aromatic N) is 1. The van der Waals surface area contributed by atoms with Gasteiger partial charge in [-0.3, -0.25) is 4.90 Å². The molecule has 3 saturated carbocycles. The molecule has 3 aliphatic carbocycles. The standard InChI is InChI=1S/C23H40N2O3/c1-15-20(24)13-19-21(27)18(5-7-22(15,19)2)23(3)6-4-17(26)12-16(23)14-25-8-10-28-11-9-25/h16-21,26-27H,1,4-14,24H2,2-3H3/t16-,17+,18?,19?,20?,21+,22+,23+/m0/s1. The number of aliphatic hydroxyl groups excluding tert-OH is 2. The Morgan fingerprint density at radius 1 is 1.11 bits per heavy atom. The molecule has 4 fully saturated rings. The Morgan fingerprint density at radius 2 is 1.82 bits per heavy atom. The van der Waals surface area contributed by atoms with Gasteiger partial charge >= 0.3 is 0 Å². The van der Waals surface area contributed by atoms with Gasteiger partial charge in [-0.25, -0.2) is 0 Å². The fourth-order valence-electron chi connectivity index (χ4n) is 7.09. The summed E-state index contributed by atoms with van der Waals surface area (Å²) in [5.74, 6) is 0.917. The molecule has 5 heteroatoms. The van der Waals surface area contributed by atoms with Crippen LogP contribution in [-0.2, 0) is 4.74 Å². The van der Waals surface area contributed by atoms with E-state index in [1.165, 1.54) is 0 Å². The zero-order valence-electron chi connectivity index (χ0n) is 17.8. The first kappa shape index (κ1) is 20.8. The lowest BCUT2D eigenvalue weighted by Gasteiger charge is -2.56. The van der Waals surface area contributed by atoms with Crippen molar-refractivity contribution in [2.75, 3.05) is 32.8 Å². The second-order valence-corrected chi connectivity index (χ2v) is 10.6. The largest absolute Gasteiger partial charge is 0.393 e. The third kappa shape index (κ3) is 3.37. The van der Waals surface area contributed by atoms with Crippen molar-refractivity contribution in [1.82, 2.24) is 4.90 Å². The summed E-state index contributed by atoms with van der Waals surface area (Å²) in [7, 11) is 0. The molecule has 28 heavy (non-hydrogen) atoms. The highest BCUT2D eigenvalue weighted by Gasteiger charge is 2.58. The first-order valence-corrected chi connectivity index (χ1v) is 11.4. The molecule has 4 aliphatic rings. The SMILES string of the molecule is C=C1C(N)CC2[C@H](O)C([C@]3(C)CC[C@@H](O)C[C@H]3CN3CCOCC3)CC[C@]12C. The van der Waals surface area contributed by atoms with Gasteiger partial charge in [0.2, 0.25) is 0 Å². The normalized spacial score (nSPS) is 50.5. The van der Waals surface area contributed by atoms with E-state index in [4.69, 9.17) is 10.5 Å². The van der Waals surface area contributed by atoms with Crippen LogP contribution in [0, 0.1) is 28.6 Å². The van der Waals surface area contributed by atoms with Gasteiger partial charge in [-0.1, -0.05) is 26.0 Å². The first-order valence-electron chi connectivity index (χ1n) is 11.4. The second-order valence-electron chi connectivity index (χ2n) is 10.6. The summed E-state index contributed by atoms with van der Waals surface area (Å²) in [4.78, 5) is 2.50. The van der Waals surface area contributed by atoms with Crippen LogP contribution in [0.15, 0.2) is 12.2 Å². The van der Waals surface area contributed by atoms with Gasteiger partial charge in [-0.15, -0.1) is 0 Å². The van der Waals surface area contributed by atoms with Crippen LogP contribution in [0.3, 0.4) is 0 Å². The minimum atomic E-state index is -0.323. The highest BCUT2D eigenvalue weighted by Crippen LogP contribution is 2.61. The number of aliphatic hydroxyl groups is 2. The number of morpholine rings is 1. The molecule has 0 bridgehead atoms. The molecule has 0 aromatic rings. The summed E-state index contributed by atoms with van der Waals surface area (Å²) in [6, 6.07) is 0.0218. The van der Waals surface area contributed by atoms with E-state index in [1.807, 2.05) is 0 Å². The molecule has 0 aromatic heterocycles. The van der Waals surface area contributed by atoms with Crippen LogP contribution in [-0.4, -0.2) is 66.2 Å². The number of rotatable bonds is 3. The Morgan fingerprint density at radius 3 is 2.54 bits per heavy atom. The van der Waals surface area contributed by atoms with E-state index in [1.54, 1.807) is 0 Å². The number of fused-ring (bicyclic) bond motifs is 1. The molecule has 8 atom stereocenters. The maximum Gasteiger partial charge on any atom is 0.0610 e. The number of nitrogens with two attached hydrogens (primary N) is 1. The van der Waals surface area contributed by atoms with Crippen LogP contribution in [0.4, 0.5) is 0 Å². The molecule has 1 aliphatic heterocycles. The van der Waals surface area contributed by atoms with E-state index >= 15 is 0 Å². The Kier molecular flexibility index (Phi) is 5.69. The number of hydrogen-bond acceptors (Lipinski definition) is 5. The Hall–Kier alpha value is -0.460. The Labute approximate surface area is 170 Å². The maximum absolute atomic E-state index is 11.6. The number of hydrogen-bond donors (Lipinski definition) is 3. The highest BCUT2D eigenvalue weighted by atomic mass is 16.5. The lowest BCUT2D eigenvalue weighted by atomic mass is 9.52. The molecule has 160 valence electrons. The van der Waals surface area contributed by atoms with Gasteiger partial charge in [0.25, 0.3) is 0 Å². The van der Waals surface area contributed by atoms with Crippen molar-refractivity contribution in [1.29, 1.82) is 0 Å². The third-order valence-electron chi connectivity index (χ3n) is 9.24. The van der Waals surface area contributed by atoms with Gasteiger partial charge in [0.15, 0.2) is 0 Å². The van der Waals surface area contributed by atoms with E-state index in [0.717, 1.165) is 76.9 Å². The van der Waals surface area contributed by atoms with Crippen molar-refractivity contribution < 1.29 is 14.9 Å².